The second kappa shape index (κ2) is 8.46. The van der Waals surface area contributed by atoms with Crippen molar-refractivity contribution in [3.63, 3.8) is 0 Å². The lowest BCUT2D eigenvalue weighted by Crippen LogP contribution is -2.28. The molecule has 2 aromatic carbocycles. The molecule has 0 aliphatic carbocycles. The van der Waals surface area contributed by atoms with E-state index >= 15 is 0 Å². The number of thioether (sulfide) groups is 1. The number of hydrogen-bond donors (Lipinski definition) is 0. The molecule has 29 heavy (non-hydrogen) atoms. The van der Waals surface area contributed by atoms with Gasteiger partial charge in [-0.15, -0.1) is 10.2 Å². The molecule has 2 heterocycles. The van der Waals surface area contributed by atoms with Gasteiger partial charge in [0.1, 0.15) is 12.1 Å². The van der Waals surface area contributed by atoms with E-state index in [2.05, 4.69) is 31.2 Å². The molecule has 1 unspecified atom stereocenters. The fourth-order valence-corrected chi connectivity index (χ4v) is 4.10. The molecular weight excluding hydrogens is 457 g/mol. The maximum Gasteiger partial charge on any atom is 0.253 e. The molecule has 9 heteroatoms. The summed E-state index contributed by atoms with van der Waals surface area (Å²) in [5.74, 6) is -0.266. The smallest absolute Gasteiger partial charge is 0.253 e. The second-order valence-electron chi connectivity index (χ2n) is 6.58. The number of amides is 1. The molecule has 1 amide bonds. The summed E-state index contributed by atoms with van der Waals surface area (Å²) in [5, 5.41) is 14.6. The lowest BCUT2D eigenvalue weighted by molar-refractivity contribution is -0.130. The van der Waals surface area contributed by atoms with Crippen LogP contribution >= 0.6 is 27.7 Å². The fraction of sp³-hybridized carbons (Fsp3) is 0.200. The van der Waals surface area contributed by atoms with Crippen LogP contribution in [0, 0.1) is 5.82 Å². The molecule has 6 nitrogen and oxygen atoms in total. The van der Waals surface area contributed by atoms with E-state index in [0.717, 1.165) is 21.3 Å². The summed E-state index contributed by atoms with van der Waals surface area (Å²) in [6.07, 6.45) is 2.15. The van der Waals surface area contributed by atoms with E-state index in [0.29, 0.717) is 11.6 Å². The van der Waals surface area contributed by atoms with Crippen LogP contribution in [0.3, 0.4) is 0 Å². The number of halogens is 2. The van der Waals surface area contributed by atoms with Gasteiger partial charge < -0.3 is 4.57 Å². The number of nitrogens with zero attached hydrogens (tertiary/aromatic N) is 5. The van der Waals surface area contributed by atoms with Crippen LogP contribution in [-0.4, -0.2) is 37.1 Å². The molecule has 1 aromatic heterocycles. The van der Waals surface area contributed by atoms with Crippen molar-refractivity contribution in [3.8, 4) is 0 Å². The van der Waals surface area contributed by atoms with E-state index in [4.69, 9.17) is 0 Å². The number of aryl methyl sites for hydroxylation is 1. The lowest BCUT2D eigenvalue weighted by atomic mass is 9.98. The Morgan fingerprint density at radius 2 is 1.93 bits per heavy atom. The highest BCUT2D eigenvalue weighted by molar-refractivity contribution is 9.10. The Kier molecular flexibility index (Phi) is 5.77. The summed E-state index contributed by atoms with van der Waals surface area (Å²) in [7, 11) is 1.83. The van der Waals surface area contributed by atoms with Crippen LogP contribution < -0.4 is 0 Å². The third-order valence-corrected chi connectivity index (χ3v) is 6.14. The molecular formula is C20H17BrFN5OS. The zero-order valence-electron chi connectivity index (χ0n) is 15.5. The number of aromatic nitrogens is 3. The van der Waals surface area contributed by atoms with Gasteiger partial charge in [-0.05, 0) is 35.4 Å². The van der Waals surface area contributed by atoms with Crippen molar-refractivity contribution in [1.29, 1.82) is 0 Å². The predicted molar refractivity (Wildman–Crippen MR) is 113 cm³/mol. The Labute approximate surface area is 179 Å². The van der Waals surface area contributed by atoms with Crippen molar-refractivity contribution < 1.29 is 9.18 Å². The van der Waals surface area contributed by atoms with Crippen LogP contribution in [0.15, 0.2) is 69.6 Å². The second-order valence-corrected chi connectivity index (χ2v) is 8.43. The maximum absolute atomic E-state index is 13.4. The van der Waals surface area contributed by atoms with Gasteiger partial charge in [0.2, 0.25) is 0 Å². The SMILES string of the molecule is Cn1cnnc1SCC(=O)N1N=C(c2ccc(Br)cc2)CC1c1ccc(F)cc1. The summed E-state index contributed by atoms with van der Waals surface area (Å²) in [5.41, 5.74) is 2.62. The molecule has 0 spiro atoms. The normalized spacial score (nSPS) is 16.2. The average Bonchev–Trinajstić information content (AvgIpc) is 3.34. The Bertz CT molecular complexity index is 1050. The van der Waals surface area contributed by atoms with Crippen molar-refractivity contribution >= 4 is 39.3 Å². The Hall–Kier alpha value is -2.52. The molecule has 0 fully saturated rings. The van der Waals surface area contributed by atoms with Crippen LogP contribution in [0.5, 0.6) is 0 Å². The van der Waals surface area contributed by atoms with Gasteiger partial charge in [-0.25, -0.2) is 9.40 Å². The minimum atomic E-state index is -0.309. The average molecular weight is 474 g/mol. The predicted octanol–water partition coefficient (Wildman–Crippen LogP) is 4.19. The molecule has 1 aliphatic rings. The van der Waals surface area contributed by atoms with E-state index in [1.54, 1.807) is 23.0 Å². The Morgan fingerprint density at radius 1 is 1.21 bits per heavy atom. The largest absolute Gasteiger partial charge is 0.312 e. The molecule has 0 saturated carbocycles. The zero-order valence-corrected chi connectivity index (χ0v) is 17.9. The molecule has 0 N–H and O–H groups in total. The Morgan fingerprint density at radius 3 is 2.59 bits per heavy atom. The first-order valence-electron chi connectivity index (χ1n) is 8.89. The lowest BCUT2D eigenvalue weighted by Gasteiger charge is -2.21. The van der Waals surface area contributed by atoms with Crippen molar-refractivity contribution in [2.24, 2.45) is 12.1 Å². The van der Waals surface area contributed by atoms with E-state index in [9.17, 15) is 9.18 Å². The van der Waals surface area contributed by atoms with Crippen molar-refractivity contribution in [2.45, 2.75) is 17.6 Å². The number of hydrogen-bond acceptors (Lipinski definition) is 5. The van der Waals surface area contributed by atoms with Crippen LogP contribution in [0.2, 0.25) is 0 Å². The van der Waals surface area contributed by atoms with Gasteiger partial charge in [0.05, 0.1) is 17.5 Å². The summed E-state index contributed by atoms with van der Waals surface area (Å²) >= 11 is 4.74. The van der Waals surface area contributed by atoms with Gasteiger partial charge in [0.15, 0.2) is 5.16 Å². The highest BCUT2D eigenvalue weighted by Crippen LogP contribution is 2.34. The highest BCUT2D eigenvalue weighted by Gasteiger charge is 2.33. The van der Waals surface area contributed by atoms with Crippen LogP contribution in [-0.2, 0) is 11.8 Å². The van der Waals surface area contributed by atoms with Gasteiger partial charge in [0.25, 0.3) is 5.91 Å². The molecule has 0 bridgehead atoms. The van der Waals surface area contributed by atoms with E-state index < -0.39 is 0 Å². The minimum Gasteiger partial charge on any atom is -0.312 e. The standard InChI is InChI=1S/C20H17BrFN5OS/c1-26-12-23-24-20(26)29-11-19(28)27-18(14-4-8-16(22)9-5-14)10-17(25-27)13-2-6-15(21)7-3-13/h2-9,12,18H,10-11H2,1H3. The van der Waals surface area contributed by atoms with Gasteiger partial charge in [-0.3, -0.25) is 4.79 Å². The summed E-state index contributed by atoms with van der Waals surface area (Å²) in [6, 6.07) is 13.8. The summed E-state index contributed by atoms with van der Waals surface area (Å²) in [6.45, 7) is 0. The maximum atomic E-state index is 13.4. The number of hydrazone groups is 1. The zero-order chi connectivity index (χ0) is 20.4. The first-order chi connectivity index (χ1) is 14.0. The molecule has 1 aliphatic heterocycles. The molecule has 4 rings (SSSR count). The molecule has 3 aromatic rings. The third-order valence-electron chi connectivity index (χ3n) is 4.59. The van der Waals surface area contributed by atoms with E-state index in [-0.39, 0.29) is 23.5 Å². The van der Waals surface area contributed by atoms with Gasteiger partial charge in [-0.2, -0.15) is 5.10 Å². The van der Waals surface area contributed by atoms with Crippen molar-refractivity contribution in [3.05, 3.63) is 76.3 Å². The number of benzene rings is 2. The van der Waals surface area contributed by atoms with Crippen LogP contribution in [0.4, 0.5) is 4.39 Å². The van der Waals surface area contributed by atoms with Gasteiger partial charge in [-0.1, -0.05) is 52.0 Å². The van der Waals surface area contributed by atoms with Crippen molar-refractivity contribution in [2.75, 3.05) is 5.75 Å². The molecule has 1 atom stereocenters. The molecule has 0 saturated heterocycles. The van der Waals surface area contributed by atoms with Gasteiger partial charge in [0, 0.05) is 17.9 Å². The van der Waals surface area contributed by atoms with E-state index in [1.165, 1.54) is 28.9 Å². The Balaban J connectivity index is 1.59. The minimum absolute atomic E-state index is 0.139. The van der Waals surface area contributed by atoms with Gasteiger partial charge >= 0.3 is 0 Å². The highest BCUT2D eigenvalue weighted by atomic mass is 79.9. The van der Waals surface area contributed by atoms with Crippen LogP contribution in [0.1, 0.15) is 23.6 Å². The first kappa shape index (κ1) is 19.8. The monoisotopic (exact) mass is 473 g/mol. The summed E-state index contributed by atoms with van der Waals surface area (Å²) < 4.78 is 16.1. The number of carbonyl (C=O) groups excluding carboxylic acids is 1. The first-order valence-corrected chi connectivity index (χ1v) is 10.7. The molecule has 0 radical (unpaired) electrons. The topological polar surface area (TPSA) is 63.4 Å². The quantitative estimate of drug-likeness (QED) is 0.521. The summed E-state index contributed by atoms with van der Waals surface area (Å²) in [4.78, 5) is 13.0. The van der Waals surface area contributed by atoms with Crippen molar-refractivity contribution in [1.82, 2.24) is 19.8 Å². The third kappa shape index (κ3) is 4.40. The number of carbonyl (C=O) groups is 1. The molecule has 148 valence electrons. The fourth-order valence-electron chi connectivity index (χ4n) is 3.10. The van der Waals surface area contributed by atoms with E-state index in [1.807, 2.05) is 31.3 Å². The number of rotatable bonds is 5. The van der Waals surface area contributed by atoms with Crippen LogP contribution in [0.25, 0.3) is 0 Å².